The first-order valence-corrected chi connectivity index (χ1v) is 10.1. The normalized spacial score (nSPS) is 12.0. The molecule has 1 atom stereocenters. The Labute approximate surface area is 175 Å². The van der Waals surface area contributed by atoms with Gasteiger partial charge in [0.05, 0.1) is 12.5 Å². The Morgan fingerprint density at radius 3 is 2.70 bits per heavy atom. The van der Waals surface area contributed by atoms with E-state index >= 15 is 0 Å². The van der Waals surface area contributed by atoms with Gasteiger partial charge in [-0.05, 0) is 44.7 Å². The van der Waals surface area contributed by atoms with Crippen molar-refractivity contribution < 1.29 is 14.3 Å². The fourth-order valence-corrected chi connectivity index (χ4v) is 3.48. The predicted molar refractivity (Wildman–Crippen MR) is 112 cm³/mol. The summed E-state index contributed by atoms with van der Waals surface area (Å²) >= 11 is 0. The Bertz CT molecular complexity index is 1020. The van der Waals surface area contributed by atoms with E-state index in [9.17, 15) is 9.59 Å². The minimum Gasteiger partial charge on any atom is -0.466 e. The van der Waals surface area contributed by atoms with E-state index in [0.29, 0.717) is 31.6 Å². The van der Waals surface area contributed by atoms with Gasteiger partial charge < -0.3 is 10.1 Å². The van der Waals surface area contributed by atoms with Crippen LogP contribution in [0.15, 0.2) is 36.7 Å². The van der Waals surface area contributed by atoms with Gasteiger partial charge in [-0.25, -0.2) is 9.50 Å². The van der Waals surface area contributed by atoms with Crippen molar-refractivity contribution in [2.45, 2.75) is 40.0 Å². The molecule has 30 heavy (non-hydrogen) atoms. The second kappa shape index (κ2) is 9.96. The average Bonchev–Trinajstić information content (AvgIpc) is 3.20. The zero-order chi connectivity index (χ0) is 21.5. The maximum atomic E-state index is 12.5. The van der Waals surface area contributed by atoms with Crippen LogP contribution in [0.3, 0.4) is 0 Å². The average molecular weight is 409 g/mol. The third-order valence-corrected chi connectivity index (χ3v) is 5.08. The number of hydrogen-bond donors (Lipinski definition) is 1. The molecule has 1 unspecified atom stereocenters. The lowest BCUT2D eigenvalue weighted by Gasteiger charge is -2.17. The molecule has 0 saturated heterocycles. The van der Waals surface area contributed by atoms with Crippen LogP contribution in [-0.4, -0.2) is 44.6 Å². The van der Waals surface area contributed by atoms with Gasteiger partial charge in [-0.15, -0.1) is 0 Å². The molecule has 0 bridgehead atoms. The Balaban J connectivity index is 1.59. The smallest absolute Gasteiger partial charge is 0.311 e. The lowest BCUT2D eigenvalue weighted by Crippen LogP contribution is -2.35. The number of benzene rings is 1. The quantitative estimate of drug-likeness (QED) is 0.544. The van der Waals surface area contributed by atoms with E-state index in [4.69, 9.17) is 4.74 Å². The standard InChI is InChI=1S/C22H27N5O3/c1-4-30-21(29)18(12-17-8-6-5-7-9-17)13-23-20(28)11-10-19-15(2)26-22-24-14-25-27(22)16(19)3/h5-9,14,18H,4,10-13H2,1-3H3,(H,23,28). The Kier molecular flexibility index (Phi) is 7.11. The van der Waals surface area contributed by atoms with Crippen LogP contribution >= 0.6 is 0 Å². The van der Waals surface area contributed by atoms with Gasteiger partial charge in [-0.3, -0.25) is 9.59 Å². The summed E-state index contributed by atoms with van der Waals surface area (Å²) in [7, 11) is 0. The van der Waals surface area contributed by atoms with E-state index in [-0.39, 0.29) is 18.4 Å². The van der Waals surface area contributed by atoms with Gasteiger partial charge >= 0.3 is 5.97 Å². The molecule has 3 aromatic rings. The van der Waals surface area contributed by atoms with E-state index in [2.05, 4.69) is 20.4 Å². The van der Waals surface area contributed by atoms with Gasteiger partial charge in [0, 0.05) is 24.4 Å². The first-order valence-electron chi connectivity index (χ1n) is 10.1. The highest BCUT2D eigenvalue weighted by atomic mass is 16.5. The van der Waals surface area contributed by atoms with Crippen LogP contribution in [0.4, 0.5) is 0 Å². The summed E-state index contributed by atoms with van der Waals surface area (Å²) in [6.45, 7) is 6.19. The molecule has 0 aliphatic carbocycles. The van der Waals surface area contributed by atoms with Crippen molar-refractivity contribution in [2.75, 3.05) is 13.2 Å². The van der Waals surface area contributed by atoms with E-state index < -0.39 is 5.92 Å². The van der Waals surface area contributed by atoms with Crippen LogP contribution in [0.5, 0.6) is 0 Å². The van der Waals surface area contributed by atoms with E-state index in [1.165, 1.54) is 6.33 Å². The van der Waals surface area contributed by atoms with E-state index in [1.54, 1.807) is 11.4 Å². The number of hydrogen-bond acceptors (Lipinski definition) is 6. The molecule has 8 heteroatoms. The molecule has 1 amide bonds. The number of aromatic nitrogens is 4. The number of nitrogens with zero attached hydrogens (tertiary/aromatic N) is 4. The van der Waals surface area contributed by atoms with Crippen LogP contribution in [0, 0.1) is 19.8 Å². The number of rotatable bonds is 9. The van der Waals surface area contributed by atoms with Gasteiger partial charge in [0.2, 0.25) is 5.91 Å². The van der Waals surface area contributed by atoms with Crippen LogP contribution in [-0.2, 0) is 27.2 Å². The van der Waals surface area contributed by atoms with Gasteiger partial charge in [0.1, 0.15) is 6.33 Å². The van der Waals surface area contributed by atoms with Crippen LogP contribution < -0.4 is 5.32 Å². The van der Waals surface area contributed by atoms with Crippen molar-refractivity contribution in [3.8, 4) is 0 Å². The Morgan fingerprint density at radius 1 is 1.20 bits per heavy atom. The molecule has 0 fully saturated rings. The third kappa shape index (κ3) is 5.20. The highest BCUT2D eigenvalue weighted by molar-refractivity contribution is 5.78. The highest BCUT2D eigenvalue weighted by Gasteiger charge is 2.21. The summed E-state index contributed by atoms with van der Waals surface area (Å²) in [6.07, 6.45) is 2.82. The van der Waals surface area contributed by atoms with Gasteiger partial charge in [0.25, 0.3) is 5.78 Å². The van der Waals surface area contributed by atoms with Crippen LogP contribution in [0.25, 0.3) is 5.78 Å². The van der Waals surface area contributed by atoms with Gasteiger partial charge in [-0.2, -0.15) is 10.1 Å². The number of nitrogens with one attached hydrogen (secondary N) is 1. The molecule has 3 rings (SSSR count). The van der Waals surface area contributed by atoms with Crippen molar-refractivity contribution in [3.63, 3.8) is 0 Å². The second-order valence-electron chi connectivity index (χ2n) is 7.18. The Morgan fingerprint density at radius 2 is 1.97 bits per heavy atom. The summed E-state index contributed by atoms with van der Waals surface area (Å²) in [4.78, 5) is 33.3. The first kappa shape index (κ1) is 21.4. The molecule has 158 valence electrons. The summed E-state index contributed by atoms with van der Waals surface area (Å²) in [5, 5.41) is 7.06. The number of ether oxygens (including phenoxy) is 1. The highest BCUT2D eigenvalue weighted by Crippen LogP contribution is 2.15. The van der Waals surface area contributed by atoms with E-state index in [0.717, 1.165) is 22.5 Å². The van der Waals surface area contributed by atoms with Gasteiger partial charge in [0.15, 0.2) is 0 Å². The molecule has 2 aromatic heterocycles. The molecule has 1 N–H and O–H groups in total. The number of amides is 1. The Hall–Kier alpha value is -3.29. The van der Waals surface area contributed by atoms with Crippen molar-refractivity contribution >= 4 is 17.7 Å². The monoisotopic (exact) mass is 409 g/mol. The number of esters is 1. The molecule has 0 radical (unpaired) electrons. The molecular formula is C22H27N5O3. The molecule has 2 heterocycles. The molecular weight excluding hydrogens is 382 g/mol. The largest absolute Gasteiger partial charge is 0.466 e. The maximum absolute atomic E-state index is 12.5. The summed E-state index contributed by atoms with van der Waals surface area (Å²) < 4.78 is 6.87. The molecule has 1 aromatic carbocycles. The minimum atomic E-state index is -0.423. The lowest BCUT2D eigenvalue weighted by molar-refractivity contribution is -0.147. The third-order valence-electron chi connectivity index (χ3n) is 5.08. The fraction of sp³-hybridized carbons (Fsp3) is 0.409. The second-order valence-corrected chi connectivity index (χ2v) is 7.18. The molecule has 0 aliphatic heterocycles. The molecule has 0 spiro atoms. The SMILES string of the molecule is CCOC(=O)C(CNC(=O)CCc1c(C)nc2ncnn2c1C)Cc1ccccc1. The first-order chi connectivity index (χ1) is 14.5. The van der Waals surface area contributed by atoms with Crippen molar-refractivity contribution in [1.82, 2.24) is 24.9 Å². The summed E-state index contributed by atoms with van der Waals surface area (Å²) in [5.74, 6) is -0.284. The zero-order valence-corrected chi connectivity index (χ0v) is 17.6. The number of fused-ring (bicyclic) bond motifs is 1. The number of aryl methyl sites for hydroxylation is 2. The fourth-order valence-electron chi connectivity index (χ4n) is 3.48. The minimum absolute atomic E-state index is 0.116. The molecule has 0 aliphatic rings. The van der Waals surface area contributed by atoms with Crippen molar-refractivity contribution in [3.05, 3.63) is 59.2 Å². The lowest BCUT2D eigenvalue weighted by atomic mass is 9.99. The van der Waals surface area contributed by atoms with Gasteiger partial charge in [-0.1, -0.05) is 30.3 Å². The molecule has 8 nitrogen and oxygen atoms in total. The van der Waals surface area contributed by atoms with Crippen molar-refractivity contribution in [1.29, 1.82) is 0 Å². The van der Waals surface area contributed by atoms with Crippen molar-refractivity contribution in [2.24, 2.45) is 5.92 Å². The van der Waals surface area contributed by atoms with Crippen LogP contribution in [0.2, 0.25) is 0 Å². The summed E-state index contributed by atoms with van der Waals surface area (Å²) in [5.41, 5.74) is 3.78. The topological polar surface area (TPSA) is 98.5 Å². The number of carbonyl (C=O) groups is 2. The zero-order valence-electron chi connectivity index (χ0n) is 17.6. The summed E-state index contributed by atoms with van der Waals surface area (Å²) in [6, 6.07) is 9.72. The number of carbonyl (C=O) groups excluding carboxylic acids is 2. The predicted octanol–water partition coefficient (Wildman–Crippen LogP) is 2.21. The maximum Gasteiger partial charge on any atom is 0.311 e. The van der Waals surface area contributed by atoms with Crippen LogP contribution in [0.1, 0.15) is 35.9 Å². The van der Waals surface area contributed by atoms with E-state index in [1.807, 2.05) is 44.2 Å². The molecule has 0 saturated carbocycles.